The summed E-state index contributed by atoms with van der Waals surface area (Å²) in [5, 5.41) is 0. The third-order valence-corrected chi connectivity index (χ3v) is 4.47. The minimum atomic E-state index is -4.01. The fourth-order valence-electron chi connectivity index (χ4n) is 1.96. The molecule has 0 aliphatic rings. The van der Waals surface area contributed by atoms with Gasteiger partial charge in [0.2, 0.25) is 0 Å². The molecule has 0 amide bonds. The third kappa shape index (κ3) is 3.65. The first-order valence-electron chi connectivity index (χ1n) is 6.49. The maximum atomic E-state index is 13.4. The predicted octanol–water partition coefficient (Wildman–Crippen LogP) is 2.65. The van der Waals surface area contributed by atoms with E-state index in [1.54, 1.807) is 0 Å². The first kappa shape index (κ1) is 16.9. The molecule has 0 bridgehead atoms. The summed E-state index contributed by atoms with van der Waals surface area (Å²) in [6, 6.07) is 7.80. The molecule has 0 saturated heterocycles. The van der Waals surface area contributed by atoms with E-state index in [1.807, 2.05) is 0 Å². The highest BCUT2D eigenvalue weighted by Crippen LogP contribution is 2.32. The summed E-state index contributed by atoms with van der Waals surface area (Å²) in [5.41, 5.74) is -0.00892. The molecule has 0 spiro atoms. The molecule has 0 radical (unpaired) electrons. The van der Waals surface area contributed by atoms with Gasteiger partial charge in [-0.2, -0.15) is 0 Å². The van der Waals surface area contributed by atoms with Gasteiger partial charge in [0.15, 0.2) is 0 Å². The van der Waals surface area contributed by atoms with Crippen LogP contribution in [0, 0.1) is 5.82 Å². The summed E-state index contributed by atoms with van der Waals surface area (Å²) in [6.07, 6.45) is 0. The average Bonchev–Trinajstić information content (AvgIpc) is 2.54. The highest BCUT2D eigenvalue weighted by atomic mass is 32.2. The summed E-state index contributed by atoms with van der Waals surface area (Å²) in [7, 11) is 0.153. The van der Waals surface area contributed by atoms with Crippen molar-refractivity contribution < 1.29 is 27.0 Å². The van der Waals surface area contributed by atoms with Crippen molar-refractivity contribution in [1.82, 2.24) is 0 Å². The van der Waals surface area contributed by atoms with E-state index < -0.39 is 15.8 Å². The summed E-state index contributed by atoms with van der Waals surface area (Å²) in [5.74, 6) is 0.156. The van der Waals surface area contributed by atoms with Crippen LogP contribution < -0.4 is 18.9 Å². The molecular formula is C15H16FNO5S. The van der Waals surface area contributed by atoms with Gasteiger partial charge in [0, 0.05) is 12.1 Å². The van der Waals surface area contributed by atoms with Crippen molar-refractivity contribution in [3.63, 3.8) is 0 Å². The highest BCUT2D eigenvalue weighted by Gasteiger charge is 2.22. The van der Waals surface area contributed by atoms with Crippen LogP contribution in [0.1, 0.15) is 0 Å². The Bertz CT molecular complexity index is 808. The van der Waals surface area contributed by atoms with Crippen molar-refractivity contribution in [1.29, 1.82) is 0 Å². The van der Waals surface area contributed by atoms with Crippen molar-refractivity contribution in [2.45, 2.75) is 4.90 Å². The molecule has 0 atom stereocenters. The topological polar surface area (TPSA) is 73.9 Å². The lowest BCUT2D eigenvalue weighted by Gasteiger charge is -2.14. The lowest BCUT2D eigenvalue weighted by Crippen LogP contribution is -2.15. The maximum absolute atomic E-state index is 13.4. The number of halogens is 1. The van der Waals surface area contributed by atoms with Crippen LogP contribution in [-0.4, -0.2) is 29.7 Å². The van der Waals surface area contributed by atoms with Crippen molar-refractivity contribution in [3.8, 4) is 17.2 Å². The second kappa shape index (κ2) is 6.74. The van der Waals surface area contributed by atoms with Crippen LogP contribution in [0.25, 0.3) is 0 Å². The van der Waals surface area contributed by atoms with Crippen LogP contribution in [0.3, 0.4) is 0 Å². The fourth-order valence-corrected chi connectivity index (χ4v) is 3.17. The van der Waals surface area contributed by atoms with E-state index in [9.17, 15) is 12.8 Å². The number of sulfonamides is 1. The molecule has 0 aliphatic carbocycles. The molecule has 0 saturated carbocycles. The lowest BCUT2D eigenvalue weighted by molar-refractivity contribution is 0.386. The number of benzene rings is 2. The molecule has 0 aliphatic heterocycles. The van der Waals surface area contributed by atoms with Crippen molar-refractivity contribution in [3.05, 3.63) is 42.2 Å². The van der Waals surface area contributed by atoms with E-state index >= 15 is 0 Å². The molecule has 1 N–H and O–H groups in total. The summed E-state index contributed by atoms with van der Waals surface area (Å²) in [6.45, 7) is 0. The second-order valence-corrected chi connectivity index (χ2v) is 6.12. The third-order valence-electron chi connectivity index (χ3n) is 3.07. The van der Waals surface area contributed by atoms with Gasteiger partial charge in [0.1, 0.15) is 28.0 Å². The largest absolute Gasteiger partial charge is 0.497 e. The minimum absolute atomic E-state index is 0.00892. The van der Waals surface area contributed by atoms with Gasteiger partial charge < -0.3 is 14.2 Å². The molecule has 0 fully saturated rings. The van der Waals surface area contributed by atoms with Gasteiger partial charge in [-0.15, -0.1) is 0 Å². The van der Waals surface area contributed by atoms with Gasteiger partial charge in [-0.05, 0) is 24.3 Å². The molecule has 124 valence electrons. The number of ether oxygens (including phenoxy) is 3. The van der Waals surface area contributed by atoms with Gasteiger partial charge in [-0.25, -0.2) is 12.8 Å². The Morgan fingerprint density at radius 2 is 1.61 bits per heavy atom. The van der Waals surface area contributed by atoms with Crippen LogP contribution >= 0.6 is 0 Å². The van der Waals surface area contributed by atoms with Crippen LogP contribution in [0.2, 0.25) is 0 Å². The summed E-state index contributed by atoms with van der Waals surface area (Å²) >= 11 is 0. The zero-order valence-corrected chi connectivity index (χ0v) is 13.6. The number of hydrogen-bond acceptors (Lipinski definition) is 5. The van der Waals surface area contributed by atoms with Gasteiger partial charge in [0.05, 0.1) is 27.0 Å². The van der Waals surface area contributed by atoms with E-state index in [-0.39, 0.29) is 22.1 Å². The Kier molecular flexibility index (Phi) is 4.95. The number of methoxy groups -OCH3 is 3. The Morgan fingerprint density at radius 1 is 0.913 bits per heavy atom. The van der Waals surface area contributed by atoms with Crippen LogP contribution in [0.5, 0.6) is 17.2 Å². The molecule has 6 nitrogen and oxygen atoms in total. The van der Waals surface area contributed by atoms with E-state index in [0.29, 0.717) is 5.75 Å². The van der Waals surface area contributed by atoms with Gasteiger partial charge >= 0.3 is 0 Å². The van der Waals surface area contributed by atoms with E-state index in [1.165, 1.54) is 51.7 Å². The Labute approximate surface area is 133 Å². The van der Waals surface area contributed by atoms with Crippen molar-refractivity contribution >= 4 is 15.7 Å². The molecule has 0 unspecified atom stereocenters. The lowest BCUT2D eigenvalue weighted by atomic mass is 10.3. The summed E-state index contributed by atoms with van der Waals surface area (Å²) in [4.78, 5) is -0.105. The molecule has 2 rings (SSSR count). The zero-order valence-electron chi connectivity index (χ0n) is 12.8. The van der Waals surface area contributed by atoms with Crippen molar-refractivity contribution in [2.75, 3.05) is 26.1 Å². The number of nitrogens with one attached hydrogen (secondary N) is 1. The first-order chi connectivity index (χ1) is 10.9. The number of rotatable bonds is 6. The SMILES string of the molecule is COc1ccc(S(=O)(=O)Nc2cc(F)ccc2OC)c(OC)c1. The number of anilines is 1. The molecule has 2 aromatic rings. The number of hydrogen-bond donors (Lipinski definition) is 1. The van der Waals surface area contributed by atoms with Crippen LogP contribution in [0.4, 0.5) is 10.1 Å². The normalized spacial score (nSPS) is 11.0. The van der Waals surface area contributed by atoms with E-state index in [4.69, 9.17) is 14.2 Å². The first-order valence-corrected chi connectivity index (χ1v) is 7.98. The van der Waals surface area contributed by atoms with Gasteiger partial charge in [0.25, 0.3) is 10.0 Å². The minimum Gasteiger partial charge on any atom is -0.497 e. The second-order valence-electron chi connectivity index (χ2n) is 4.47. The standard InChI is InChI=1S/C15H16FNO5S/c1-20-11-5-7-15(14(9-11)22-3)23(18,19)17-12-8-10(16)4-6-13(12)21-2/h4-9,17H,1-3H3. The zero-order chi connectivity index (χ0) is 17.0. The van der Waals surface area contributed by atoms with Crippen LogP contribution in [-0.2, 0) is 10.0 Å². The summed E-state index contributed by atoms with van der Waals surface area (Å²) < 4.78 is 55.9. The molecule has 8 heteroatoms. The smallest absolute Gasteiger partial charge is 0.265 e. The monoisotopic (exact) mass is 341 g/mol. The highest BCUT2D eigenvalue weighted by molar-refractivity contribution is 7.92. The molecule has 0 heterocycles. The Morgan fingerprint density at radius 3 is 2.22 bits per heavy atom. The Hall–Kier alpha value is -2.48. The molecular weight excluding hydrogens is 325 g/mol. The van der Waals surface area contributed by atoms with E-state index in [2.05, 4.69) is 4.72 Å². The fraction of sp³-hybridized carbons (Fsp3) is 0.200. The van der Waals surface area contributed by atoms with E-state index in [0.717, 1.165) is 6.07 Å². The van der Waals surface area contributed by atoms with Crippen LogP contribution in [0.15, 0.2) is 41.3 Å². The Balaban J connectivity index is 2.46. The van der Waals surface area contributed by atoms with Gasteiger partial charge in [-0.1, -0.05) is 0 Å². The van der Waals surface area contributed by atoms with Gasteiger partial charge in [-0.3, -0.25) is 4.72 Å². The average molecular weight is 341 g/mol. The molecule has 2 aromatic carbocycles. The molecule has 23 heavy (non-hydrogen) atoms. The molecule has 0 aromatic heterocycles. The quantitative estimate of drug-likeness (QED) is 0.874. The predicted molar refractivity (Wildman–Crippen MR) is 83.3 cm³/mol. The van der Waals surface area contributed by atoms with Crippen molar-refractivity contribution in [2.24, 2.45) is 0 Å². The maximum Gasteiger partial charge on any atom is 0.265 e.